The molecule has 0 radical (unpaired) electrons. The monoisotopic (exact) mass is 486 g/mol. The molecule has 33 heavy (non-hydrogen) atoms. The van der Waals surface area contributed by atoms with Crippen LogP contribution in [0.2, 0.25) is 0 Å². The number of aryl methyl sites for hydroxylation is 1. The van der Waals surface area contributed by atoms with E-state index in [1.54, 1.807) is 0 Å². The van der Waals surface area contributed by atoms with Gasteiger partial charge in [0.25, 0.3) is 0 Å². The first-order valence-electron chi connectivity index (χ1n) is 10.8. The highest BCUT2D eigenvalue weighted by atomic mass is 32.2. The first kappa shape index (κ1) is 25.1. The fourth-order valence-corrected chi connectivity index (χ4v) is 6.05. The van der Waals surface area contributed by atoms with Crippen LogP contribution in [0, 0.1) is 6.92 Å². The predicted octanol–water partition coefficient (Wildman–Crippen LogP) is 4.46. The molecule has 0 unspecified atom stereocenters. The van der Waals surface area contributed by atoms with Gasteiger partial charge < -0.3 is 0 Å². The minimum absolute atomic E-state index is 0.0194. The first-order chi connectivity index (χ1) is 15.6. The molecule has 6 nitrogen and oxygen atoms in total. The minimum atomic E-state index is -3.82. The second-order valence-electron chi connectivity index (χ2n) is 8.07. The summed E-state index contributed by atoms with van der Waals surface area (Å²) in [6, 6.07) is 22.1. The van der Waals surface area contributed by atoms with Gasteiger partial charge in [0.1, 0.15) is 0 Å². The third-order valence-corrected chi connectivity index (χ3v) is 8.98. The van der Waals surface area contributed by atoms with Gasteiger partial charge in [-0.2, -0.15) is 4.31 Å². The molecule has 176 valence electrons. The van der Waals surface area contributed by atoms with Gasteiger partial charge in [-0.05, 0) is 55.7 Å². The summed E-state index contributed by atoms with van der Waals surface area (Å²) in [7, 11) is -7.59. The van der Waals surface area contributed by atoms with Crippen LogP contribution in [0.4, 0.5) is 0 Å². The van der Waals surface area contributed by atoms with Crippen LogP contribution < -0.4 is 4.72 Å². The Morgan fingerprint density at radius 2 is 1.36 bits per heavy atom. The van der Waals surface area contributed by atoms with Crippen LogP contribution in [-0.2, 0) is 33.1 Å². The van der Waals surface area contributed by atoms with Crippen molar-refractivity contribution in [3.8, 4) is 0 Å². The summed E-state index contributed by atoms with van der Waals surface area (Å²) in [6.07, 6.45) is 0.654. The lowest BCUT2D eigenvalue weighted by Gasteiger charge is -2.28. The van der Waals surface area contributed by atoms with Crippen LogP contribution in [0.3, 0.4) is 0 Å². The molecule has 8 heteroatoms. The quantitative estimate of drug-likeness (QED) is 0.459. The van der Waals surface area contributed by atoms with Gasteiger partial charge in [-0.1, -0.05) is 67.1 Å². The zero-order valence-corrected chi connectivity index (χ0v) is 20.7. The number of nitrogens with one attached hydrogen (secondary N) is 1. The van der Waals surface area contributed by atoms with Crippen LogP contribution >= 0.6 is 0 Å². The Labute approximate surface area is 197 Å². The molecule has 0 bridgehead atoms. The van der Waals surface area contributed by atoms with Gasteiger partial charge in [0.2, 0.25) is 20.0 Å². The number of benzene rings is 3. The third-order valence-electron chi connectivity index (χ3n) is 5.59. The summed E-state index contributed by atoms with van der Waals surface area (Å²) in [5.74, 6) is 0. The number of sulfonamides is 2. The summed E-state index contributed by atoms with van der Waals surface area (Å²) in [4.78, 5) is 0.0860. The minimum Gasteiger partial charge on any atom is -0.207 e. The fraction of sp³-hybridized carbons (Fsp3) is 0.280. The summed E-state index contributed by atoms with van der Waals surface area (Å²) < 4.78 is 56.2. The number of rotatable bonds is 10. The van der Waals surface area contributed by atoms with E-state index < -0.39 is 20.0 Å². The van der Waals surface area contributed by atoms with Crippen molar-refractivity contribution in [2.75, 3.05) is 0 Å². The number of hydrogen-bond acceptors (Lipinski definition) is 4. The van der Waals surface area contributed by atoms with Crippen molar-refractivity contribution in [1.29, 1.82) is 0 Å². The number of nitrogens with zero attached hydrogens (tertiary/aromatic N) is 1. The normalized spacial score (nSPS) is 13.2. The van der Waals surface area contributed by atoms with E-state index in [0.29, 0.717) is 6.42 Å². The zero-order valence-electron chi connectivity index (χ0n) is 19.1. The van der Waals surface area contributed by atoms with Gasteiger partial charge in [-0.3, -0.25) is 0 Å². The Balaban J connectivity index is 1.82. The van der Waals surface area contributed by atoms with E-state index in [2.05, 4.69) is 4.72 Å². The molecule has 0 aliphatic rings. The molecule has 3 rings (SSSR count). The third kappa shape index (κ3) is 6.29. The van der Waals surface area contributed by atoms with E-state index in [1.807, 2.05) is 75.4 Å². The molecule has 0 aromatic heterocycles. The Bertz CT molecular complexity index is 1260. The van der Waals surface area contributed by atoms with Crippen molar-refractivity contribution in [3.63, 3.8) is 0 Å². The summed E-state index contributed by atoms with van der Waals surface area (Å²) in [5.41, 5.74) is 2.84. The van der Waals surface area contributed by atoms with Crippen molar-refractivity contribution in [2.45, 2.75) is 56.1 Å². The Morgan fingerprint density at radius 1 is 0.788 bits per heavy atom. The molecule has 0 saturated heterocycles. The standard InChI is InChI=1S/C25H30N2O4S2/c1-4-21(3)27(19-23-12-10-20(2)11-13-23)33(30,31)25-16-14-24(15-17-25)32(28,29)26-18-22-8-6-5-7-9-22/h5-17,21,26H,4,18-19H2,1-3H3/t21-/m0/s1. The van der Waals surface area contributed by atoms with Gasteiger partial charge in [0.15, 0.2) is 0 Å². The maximum Gasteiger partial charge on any atom is 0.243 e. The largest absolute Gasteiger partial charge is 0.243 e. The molecular weight excluding hydrogens is 456 g/mol. The van der Waals surface area contributed by atoms with Crippen molar-refractivity contribution in [2.24, 2.45) is 0 Å². The number of hydrogen-bond donors (Lipinski definition) is 1. The average molecular weight is 487 g/mol. The predicted molar refractivity (Wildman–Crippen MR) is 131 cm³/mol. The maximum absolute atomic E-state index is 13.4. The van der Waals surface area contributed by atoms with Crippen LogP contribution in [0.25, 0.3) is 0 Å². The zero-order chi connectivity index (χ0) is 24.1. The topological polar surface area (TPSA) is 83.6 Å². The summed E-state index contributed by atoms with van der Waals surface area (Å²) >= 11 is 0. The lowest BCUT2D eigenvalue weighted by molar-refractivity contribution is 0.323. The van der Waals surface area contributed by atoms with Crippen molar-refractivity contribution >= 4 is 20.0 Å². The van der Waals surface area contributed by atoms with Crippen LogP contribution in [-0.4, -0.2) is 27.2 Å². The van der Waals surface area contributed by atoms with E-state index >= 15 is 0 Å². The summed E-state index contributed by atoms with van der Waals surface area (Å²) in [5, 5.41) is 0. The second-order valence-corrected chi connectivity index (χ2v) is 11.7. The molecule has 3 aromatic carbocycles. The van der Waals surface area contributed by atoms with Gasteiger partial charge in [-0.25, -0.2) is 21.6 Å². The highest BCUT2D eigenvalue weighted by molar-refractivity contribution is 7.89. The molecule has 0 aliphatic heterocycles. The van der Waals surface area contributed by atoms with Crippen LogP contribution in [0.15, 0.2) is 88.7 Å². The highest BCUT2D eigenvalue weighted by Crippen LogP contribution is 2.24. The van der Waals surface area contributed by atoms with Gasteiger partial charge in [0.05, 0.1) is 9.79 Å². The summed E-state index contributed by atoms with van der Waals surface area (Å²) in [6.45, 7) is 6.20. The van der Waals surface area contributed by atoms with Gasteiger partial charge >= 0.3 is 0 Å². The lowest BCUT2D eigenvalue weighted by Crippen LogP contribution is -2.37. The maximum atomic E-state index is 13.4. The Kier molecular flexibility index (Phi) is 8.07. The van der Waals surface area contributed by atoms with Crippen LogP contribution in [0.1, 0.15) is 37.0 Å². The van der Waals surface area contributed by atoms with Crippen molar-refractivity contribution in [1.82, 2.24) is 9.03 Å². The first-order valence-corrected chi connectivity index (χ1v) is 13.8. The molecule has 0 spiro atoms. The Hall–Kier alpha value is -2.52. The highest BCUT2D eigenvalue weighted by Gasteiger charge is 2.29. The van der Waals surface area contributed by atoms with E-state index in [0.717, 1.165) is 16.7 Å². The molecule has 1 atom stereocenters. The molecule has 0 amide bonds. The van der Waals surface area contributed by atoms with E-state index in [9.17, 15) is 16.8 Å². The smallest absolute Gasteiger partial charge is 0.207 e. The Morgan fingerprint density at radius 3 is 1.94 bits per heavy atom. The molecule has 0 fully saturated rings. The fourth-order valence-electron chi connectivity index (χ4n) is 3.34. The second kappa shape index (κ2) is 10.6. The van der Waals surface area contributed by atoms with Crippen LogP contribution in [0.5, 0.6) is 0 Å². The molecular formula is C25H30N2O4S2. The van der Waals surface area contributed by atoms with Gasteiger partial charge in [-0.15, -0.1) is 0 Å². The molecule has 0 heterocycles. The van der Waals surface area contributed by atoms with Crippen molar-refractivity contribution < 1.29 is 16.8 Å². The van der Waals surface area contributed by atoms with E-state index in [1.165, 1.54) is 28.6 Å². The average Bonchev–Trinajstić information content (AvgIpc) is 2.82. The lowest BCUT2D eigenvalue weighted by atomic mass is 10.1. The van der Waals surface area contributed by atoms with E-state index in [-0.39, 0.29) is 28.9 Å². The molecule has 0 saturated carbocycles. The molecule has 0 aliphatic carbocycles. The van der Waals surface area contributed by atoms with Crippen molar-refractivity contribution in [3.05, 3.63) is 95.6 Å². The molecule has 1 N–H and O–H groups in total. The molecule has 3 aromatic rings. The van der Waals surface area contributed by atoms with Gasteiger partial charge in [0, 0.05) is 19.1 Å². The van der Waals surface area contributed by atoms with E-state index in [4.69, 9.17) is 0 Å². The SMILES string of the molecule is CC[C@H](C)N(Cc1ccc(C)cc1)S(=O)(=O)c1ccc(S(=O)(=O)NCc2ccccc2)cc1.